The maximum absolute atomic E-state index is 13.1. The number of hydrogen-bond acceptors (Lipinski definition) is 4. The van der Waals surface area contributed by atoms with Crippen LogP contribution in [0.3, 0.4) is 0 Å². The lowest BCUT2D eigenvalue weighted by atomic mass is 9.78. The Hall–Kier alpha value is -2.35. The highest BCUT2D eigenvalue weighted by Crippen LogP contribution is 2.44. The van der Waals surface area contributed by atoms with Gasteiger partial charge in [-0.05, 0) is 60.2 Å². The van der Waals surface area contributed by atoms with Crippen LogP contribution in [0.25, 0.3) is 21.2 Å². The van der Waals surface area contributed by atoms with E-state index in [-0.39, 0.29) is 24.3 Å². The predicted octanol–water partition coefficient (Wildman–Crippen LogP) is 5.55. The number of halogens is 3. The molecule has 29 heavy (non-hydrogen) atoms. The standard InChI is InChI=1S/C21H22F3N3OS/c1-27(2)20-25-18(12-3-6-15(7-4-12)21(22,23)24)17(19(28)26-20)14-5-8-16-13(11-14)9-10-29-16/h5,8-12,15H,3-4,6-7H2,1-2H3,(H,25,26,28)/t12-,15+. The molecule has 4 nitrogen and oxygen atoms in total. The maximum atomic E-state index is 13.1. The Bertz CT molecular complexity index is 1080. The monoisotopic (exact) mass is 421 g/mol. The zero-order valence-electron chi connectivity index (χ0n) is 16.2. The first-order valence-corrected chi connectivity index (χ1v) is 10.5. The number of hydrogen-bond donors (Lipinski definition) is 1. The van der Waals surface area contributed by atoms with E-state index < -0.39 is 12.1 Å². The molecule has 1 saturated carbocycles. The molecule has 0 amide bonds. The molecule has 0 atom stereocenters. The van der Waals surface area contributed by atoms with E-state index in [1.165, 1.54) is 0 Å². The highest BCUT2D eigenvalue weighted by Gasteiger charge is 2.42. The summed E-state index contributed by atoms with van der Waals surface area (Å²) in [6.45, 7) is 0. The Morgan fingerprint density at radius 3 is 2.52 bits per heavy atom. The van der Waals surface area contributed by atoms with Gasteiger partial charge in [0.15, 0.2) is 0 Å². The second kappa shape index (κ2) is 7.48. The van der Waals surface area contributed by atoms with Crippen molar-refractivity contribution in [2.45, 2.75) is 37.8 Å². The Morgan fingerprint density at radius 2 is 1.86 bits per heavy atom. The van der Waals surface area contributed by atoms with Crippen LogP contribution in [0.15, 0.2) is 34.4 Å². The molecule has 154 valence electrons. The van der Waals surface area contributed by atoms with Crippen LogP contribution in [0.2, 0.25) is 0 Å². The number of anilines is 1. The van der Waals surface area contributed by atoms with Crippen molar-refractivity contribution in [3.05, 3.63) is 45.7 Å². The van der Waals surface area contributed by atoms with Crippen molar-refractivity contribution >= 4 is 27.4 Å². The largest absolute Gasteiger partial charge is 0.391 e. The number of fused-ring (bicyclic) bond motifs is 1. The van der Waals surface area contributed by atoms with Crippen LogP contribution in [0.4, 0.5) is 19.1 Å². The highest BCUT2D eigenvalue weighted by molar-refractivity contribution is 7.17. The first kappa shape index (κ1) is 19.9. The number of nitrogens with zero attached hydrogens (tertiary/aromatic N) is 2. The van der Waals surface area contributed by atoms with Gasteiger partial charge in [-0.3, -0.25) is 9.78 Å². The van der Waals surface area contributed by atoms with Crippen LogP contribution in [0.1, 0.15) is 37.3 Å². The minimum atomic E-state index is -4.16. The molecule has 0 saturated heterocycles. The van der Waals surface area contributed by atoms with Gasteiger partial charge in [-0.15, -0.1) is 11.3 Å². The predicted molar refractivity (Wildman–Crippen MR) is 111 cm³/mol. The summed E-state index contributed by atoms with van der Waals surface area (Å²) in [4.78, 5) is 22.2. The molecule has 2 heterocycles. The van der Waals surface area contributed by atoms with Gasteiger partial charge in [0.05, 0.1) is 17.2 Å². The fourth-order valence-corrected chi connectivity index (χ4v) is 4.85. The van der Waals surface area contributed by atoms with Gasteiger partial charge in [0.2, 0.25) is 5.95 Å². The van der Waals surface area contributed by atoms with Crippen LogP contribution in [-0.2, 0) is 0 Å². The minimum absolute atomic E-state index is 0.0724. The third-order valence-electron chi connectivity index (χ3n) is 5.68. The molecule has 0 radical (unpaired) electrons. The molecular weight excluding hydrogens is 399 g/mol. The zero-order chi connectivity index (χ0) is 20.8. The normalized spacial score (nSPS) is 20.2. The van der Waals surface area contributed by atoms with Gasteiger partial charge in [0.1, 0.15) is 0 Å². The van der Waals surface area contributed by atoms with Crippen molar-refractivity contribution < 1.29 is 13.2 Å². The summed E-state index contributed by atoms with van der Waals surface area (Å²) in [6, 6.07) is 7.82. The number of benzene rings is 1. The minimum Gasteiger partial charge on any atom is -0.348 e. The molecule has 1 aromatic carbocycles. The summed E-state index contributed by atoms with van der Waals surface area (Å²) in [6.07, 6.45) is -3.26. The van der Waals surface area contributed by atoms with Crippen molar-refractivity contribution in [1.29, 1.82) is 0 Å². The summed E-state index contributed by atoms with van der Waals surface area (Å²) < 4.78 is 40.4. The van der Waals surface area contributed by atoms with Gasteiger partial charge in [0, 0.05) is 24.7 Å². The van der Waals surface area contributed by atoms with Gasteiger partial charge in [-0.2, -0.15) is 13.2 Å². The SMILES string of the molecule is CN(C)c1nc([C@H]2CC[C@@H](C(F)(F)F)CC2)c(-c2ccc3sccc3c2)c(=O)[nH]1. The third kappa shape index (κ3) is 3.90. The lowest BCUT2D eigenvalue weighted by molar-refractivity contribution is -0.182. The van der Waals surface area contributed by atoms with Crippen molar-refractivity contribution in [1.82, 2.24) is 9.97 Å². The highest BCUT2D eigenvalue weighted by atomic mass is 32.1. The Kier molecular flexibility index (Phi) is 5.14. The molecule has 0 aliphatic heterocycles. The van der Waals surface area contributed by atoms with Gasteiger partial charge < -0.3 is 4.90 Å². The molecule has 1 N–H and O–H groups in total. The summed E-state index contributed by atoms with van der Waals surface area (Å²) >= 11 is 1.62. The molecule has 1 aliphatic carbocycles. The van der Waals surface area contributed by atoms with Gasteiger partial charge in [-0.25, -0.2) is 4.98 Å². The van der Waals surface area contributed by atoms with E-state index in [2.05, 4.69) is 9.97 Å². The van der Waals surface area contributed by atoms with Crippen LogP contribution >= 0.6 is 11.3 Å². The molecule has 3 aromatic rings. The van der Waals surface area contributed by atoms with E-state index in [1.807, 2.05) is 29.6 Å². The molecule has 1 fully saturated rings. The molecule has 0 bridgehead atoms. The van der Waals surface area contributed by atoms with Crippen molar-refractivity contribution in [2.24, 2.45) is 5.92 Å². The average molecular weight is 421 g/mol. The second-order valence-corrected chi connectivity index (χ2v) is 8.76. The van der Waals surface area contributed by atoms with Gasteiger partial charge in [0.25, 0.3) is 5.56 Å². The van der Waals surface area contributed by atoms with E-state index in [4.69, 9.17) is 0 Å². The quantitative estimate of drug-likeness (QED) is 0.603. The van der Waals surface area contributed by atoms with Gasteiger partial charge >= 0.3 is 6.18 Å². The lowest BCUT2D eigenvalue weighted by Gasteiger charge is -2.30. The van der Waals surface area contributed by atoms with Crippen LogP contribution in [0, 0.1) is 5.92 Å². The number of alkyl halides is 3. The summed E-state index contributed by atoms with van der Waals surface area (Å²) in [5.41, 5.74) is 1.57. The zero-order valence-corrected chi connectivity index (χ0v) is 17.0. The molecule has 2 aromatic heterocycles. The summed E-state index contributed by atoms with van der Waals surface area (Å²) in [5, 5.41) is 3.03. The van der Waals surface area contributed by atoms with E-state index in [0.717, 1.165) is 15.6 Å². The molecule has 8 heteroatoms. The molecular formula is C21H22F3N3OS. The lowest BCUT2D eigenvalue weighted by Crippen LogP contribution is -2.29. The van der Waals surface area contributed by atoms with Crippen LogP contribution < -0.4 is 10.5 Å². The molecule has 0 spiro atoms. The van der Waals surface area contributed by atoms with Crippen LogP contribution in [0.5, 0.6) is 0 Å². The van der Waals surface area contributed by atoms with E-state index in [1.54, 1.807) is 30.3 Å². The molecule has 4 rings (SSSR count). The Balaban J connectivity index is 1.78. The van der Waals surface area contributed by atoms with Crippen molar-refractivity contribution in [3.63, 3.8) is 0 Å². The van der Waals surface area contributed by atoms with Crippen molar-refractivity contribution in [2.75, 3.05) is 19.0 Å². The smallest absolute Gasteiger partial charge is 0.348 e. The molecule has 0 unspecified atom stereocenters. The van der Waals surface area contributed by atoms with E-state index >= 15 is 0 Å². The maximum Gasteiger partial charge on any atom is 0.391 e. The summed E-state index contributed by atoms with van der Waals surface area (Å²) in [7, 11) is 3.55. The first-order chi connectivity index (χ1) is 13.7. The van der Waals surface area contributed by atoms with E-state index in [0.29, 0.717) is 30.0 Å². The summed E-state index contributed by atoms with van der Waals surface area (Å²) in [5.74, 6) is -1.01. The third-order valence-corrected chi connectivity index (χ3v) is 6.57. The Labute approximate surface area is 170 Å². The topological polar surface area (TPSA) is 49.0 Å². The number of aromatic nitrogens is 2. The Morgan fingerprint density at radius 1 is 1.14 bits per heavy atom. The first-order valence-electron chi connectivity index (χ1n) is 9.60. The number of thiophene rings is 1. The number of aromatic amines is 1. The number of nitrogens with one attached hydrogen (secondary N) is 1. The number of rotatable bonds is 3. The van der Waals surface area contributed by atoms with Crippen LogP contribution in [-0.4, -0.2) is 30.2 Å². The van der Waals surface area contributed by atoms with Crippen molar-refractivity contribution in [3.8, 4) is 11.1 Å². The number of H-pyrrole nitrogens is 1. The fourth-order valence-electron chi connectivity index (χ4n) is 4.08. The van der Waals surface area contributed by atoms with E-state index in [9.17, 15) is 18.0 Å². The fraction of sp³-hybridized carbons (Fsp3) is 0.429. The second-order valence-electron chi connectivity index (χ2n) is 7.81. The molecule has 1 aliphatic rings. The average Bonchev–Trinajstić information content (AvgIpc) is 3.14. The van der Waals surface area contributed by atoms with Gasteiger partial charge in [-0.1, -0.05) is 6.07 Å².